The molecule has 2 aromatic rings. The Labute approximate surface area is 134 Å². The van der Waals surface area contributed by atoms with Gasteiger partial charge in [0.2, 0.25) is 5.91 Å². The second-order valence-corrected chi connectivity index (χ2v) is 5.79. The molecule has 0 spiro atoms. The Balaban J connectivity index is 2.05. The number of benzene rings is 1. The summed E-state index contributed by atoms with van der Waals surface area (Å²) in [6.07, 6.45) is 0. The number of ether oxygens (including phenoxy) is 1. The van der Waals surface area contributed by atoms with Gasteiger partial charge < -0.3 is 9.64 Å². The quantitative estimate of drug-likeness (QED) is 0.627. The van der Waals surface area contributed by atoms with Crippen LogP contribution in [0.3, 0.4) is 0 Å². The standard InChI is InChI=1S/C16H19N3O2S/c1-11-9-12(2)18-16(17-11)22-10-15(20)19(3)13-7-5-6-8-14(13)21-4/h5-9H,10H2,1-4H3. The van der Waals surface area contributed by atoms with Gasteiger partial charge >= 0.3 is 0 Å². The van der Waals surface area contributed by atoms with Crippen molar-refractivity contribution in [1.29, 1.82) is 0 Å². The van der Waals surface area contributed by atoms with E-state index in [2.05, 4.69) is 9.97 Å². The highest BCUT2D eigenvalue weighted by Crippen LogP contribution is 2.27. The van der Waals surface area contributed by atoms with Gasteiger partial charge in [0.05, 0.1) is 18.6 Å². The van der Waals surface area contributed by atoms with Gasteiger partial charge in [0, 0.05) is 18.4 Å². The van der Waals surface area contributed by atoms with Gasteiger partial charge in [-0.1, -0.05) is 23.9 Å². The minimum absolute atomic E-state index is 0.0303. The van der Waals surface area contributed by atoms with Crippen LogP contribution >= 0.6 is 11.8 Å². The molecular formula is C16H19N3O2S. The van der Waals surface area contributed by atoms with Gasteiger partial charge in [-0.25, -0.2) is 9.97 Å². The third kappa shape index (κ3) is 3.98. The average Bonchev–Trinajstić information content (AvgIpc) is 2.51. The number of nitrogens with zero attached hydrogens (tertiary/aromatic N) is 3. The number of thioether (sulfide) groups is 1. The SMILES string of the molecule is COc1ccccc1N(C)C(=O)CSc1nc(C)cc(C)n1. The maximum Gasteiger partial charge on any atom is 0.237 e. The predicted molar refractivity (Wildman–Crippen MR) is 88.6 cm³/mol. The first-order chi connectivity index (χ1) is 10.5. The third-order valence-electron chi connectivity index (χ3n) is 3.11. The van der Waals surface area contributed by atoms with Gasteiger partial charge in [0.25, 0.3) is 0 Å². The van der Waals surface area contributed by atoms with Crippen molar-refractivity contribution in [3.63, 3.8) is 0 Å². The molecule has 0 aliphatic carbocycles. The van der Waals surface area contributed by atoms with Crippen molar-refractivity contribution in [3.05, 3.63) is 41.7 Å². The van der Waals surface area contributed by atoms with Crippen LogP contribution < -0.4 is 9.64 Å². The molecule has 2 rings (SSSR count). The summed E-state index contributed by atoms with van der Waals surface area (Å²) in [7, 11) is 3.33. The summed E-state index contributed by atoms with van der Waals surface area (Å²) in [5, 5.41) is 0.624. The number of hydrogen-bond acceptors (Lipinski definition) is 5. The second-order valence-electron chi connectivity index (χ2n) is 4.85. The monoisotopic (exact) mass is 317 g/mol. The Morgan fingerprint density at radius 3 is 2.50 bits per heavy atom. The maximum atomic E-state index is 12.3. The first kappa shape index (κ1) is 16.3. The van der Waals surface area contributed by atoms with E-state index in [0.29, 0.717) is 10.9 Å². The van der Waals surface area contributed by atoms with E-state index >= 15 is 0 Å². The summed E-state index contributed by atoms with van der Waals surface area (Å²) in [5.41, 5.74) is 2.55. The first-order valence-corrected chi connectivity index (χ1v) is 7.84. The minimum atomic E-state index is -0.0303. The molecule has 0 unspecified atom stereocenters. The molecule has 22 heavy (non-hydrogen) atoms. The maximum absolute atomic E-state index is 12.3. The molecule has 6 heteroatoms. The number of rotatable bonds is 5. The molecule has 5 nitrogen and oxygen atoms in total. The fourth-order valence-electron chi connectivity index (χ4n) is 2.02. The number of carbonyl (C=O) groups is 1. The minimum Gasteiger partial charge on any atom is -0.495 e. The molecule has 1 aromatic heterocycles. The van der Waals surface area contributed by atoms with Gasteiger partial charge in [0.15, 0.2) is 5.16 Å². The smallest absolute Gasteiger partial charge is 0.237 e. The number of methoxy groups -OCH3 is 1. The van der Waals surface area contributed by atoms with Crippen molar-refractivity contribution in [2.75, 3.05) is 24.8 Å². The molecule has 1 amide bonds. The molecule has 1 aromatic carbocycles. The van der Waals surface area contributed by atoms with E-state index in [1.54, 1.807) is 19.1 Å². The van der Waals surface area contributed by atoms with Gasteiger partial charge in [-0.15, -0.1) is 0 Å². The number of para-hydroxylation sites is 2. The lowest BCUT2D eigenvalue weighted by Crippen LogP contribution is -2.28. The Morgan fingerprint density at radius 2 is 1.86 bits per heavy atom. The molecule has 0 fully saturated rings. The normalized spacial score (nSPS) is 10.4. The molecule has 1 heterocycles. The highest BCUT2D eigenvalue weighted by molar-refractivity contribution is 7.99. The van der Waals surface area contributed by atoms with Crippen LogP contribution in [0.5, 0.6) is 5.75 Å². The number of hydrogen-bond donors (Lipinski definition) is 0. The molecular weight excluding hydrogens is 298 g/mol. The first-order valence-electron chi connectivity index (χ1n) is 6.86. The fourth-order valence-corrected chi connectivity index (χ4v) is 2.89. The van der Waals surface area contributed by atoms with Gasteiger partial charge in [-0.3, -0.25) is 4.79 Å². The lowest BCUT2D eigenvalue weighted by molar-refractivity contribution is -0.115. The summed E-state index contributed by atoms with van der Waals surface area (Å²) in [4.78, 5) is 22.6. The molecule has 0 aliphatic heterocycles. The van der Waals surface area contributed by atoms with Crippen molar-refractivity contribution >= 4 is 23.4 Å². The zero-order chi connectivity index (χ0) is 16.1. The molecule has 0 aliphatic rings. The molecule has 0 radical (unpaired) electrons. The van der Waals surface area contributed by atoms with Crippen LogP contribution in [0.1, 0.15) is 11.4 Å². The van der Waals surface area contributed by atoms with Crippen LogP contribution in [0.25, 0.3) is 0 Å². The Bertz CT molecular complexity index is 656. The average molecular weight is 317 g/mol. The van der Waals surface area contributed by atoms with Gasteiger partial charge in [-0.2, -0.15) is 0 Å². The van der Waals surface area contributed by atoms with Gasteiger partial charge in [0.1, 0.15) is 5.75 Å². The Kier molecular flexibility index (Phi) is 5.38. The van der Waals surface area contributed by atoms with Crippen LogP contribution in [-0.2, 0) is 4.79 Å². The summed E-state index contributed by atoms with van der Waals surface area (Å²) in [6.45, 7) is 3.84. The topological polar surface area (TPSA) is 55.3 Å². The molecule has 0 atom stereocenters. The second kappa shape index (κ2) is 7.26. The zero-order valence-electron chi connectivity index (χ0n) is 13.2. The fraction of sp³-hybridized carbons (Fsp3) is 0.312. The van der Waals surface area contributed by atoms with Crippen molar-refractivity contribution in [1.82, 2.24) is 9.97 Å². The largest absolute Gasteiger partial charge is 0.495 e. The summed E-state index contributed by atoms with van der Waals surface area (Å²) in [6, 6.07) is 9.35. The molecule has 0 saturated carbocycles. The zero-order valence-corrected chi connectivity index (χ0v) is 14.0. The highest BCUT2D eigenvalue weighted by atomic mass is 32.2. The van der Waals surface area contributed by atoms with E-state index in [4.69, 9.17) is 4.74 Å². The van der Waals surface area contributed by atoms with Crippen LogP contribution in [0.15, 0.2) is 35.5 Å². The van der Waals surface area contributed by atoms with Crippen molar-refractivity contribution in [2.45, 2.75) is 19.0 Å². The van der Waals surface area contributed by atoms with E-state index in [9.17, 15) is 4.79 Å². The summed E-state index contributed by atoms with van der Waals surface area (Å²) in [5.74, 6) is 0.917. The number of carbonyl (C=O) groups excluding carboxylic acids is 1. The van der Waals surface area contributed by atoms with Gasteiger partial charge in [-0.05, 0) is 32.0 Å². The van der Waals surface area contributed by atoms with E-state index < -0.39 is 0 Å². The van der Waals surface area contributed by atoms with E-state index in [-0.39, 0.29) is 11.7 Å². The number of aromatic nitrogens is 2. The van der Waals surface area contributed by atoms with Crippen LogP contribution in [0.4, 0.5) is 5.69 Å². The lowest BCUT2D eigenvalue weighted by atomic mass is 10.2. The van der Waals surface area contributed by atoms with Crippen LogP contribution in [0.2, 0.25) is 0 Å². The van der Waals surface area contributed by atoms with Crippen molar-refractivity contribution in [3.8, 4) is 5.75 Å². The molecule has 116 valence electrons. The van der Waals surface area contributed by atoms with Crippen LogP contribution in [-0.4, -0.2) is 35.8 Å². The lowest BCUT2D eigenvalue weighted by Gasteiger charge is -2.19. The van der Waals surface area contributed by atoms with Crippen molar-refractivity contribution < 1.29 is 9.53 Å². The molecule has 0 bridgehead atoms. The summed E-state index contributed by atoms with van der Waals surface area (Å²) < 4.78 is 5.29. The third-order valence-corrected chi connectivity index (χ3v) is 3.94. The van der Waals surface area contributed by atoms with E-state index in [1.807, 2.05) is 44.2 Å². The molecule has 0 saturated heterocycles. The number of aryl methyl sites for hydroxylation is 2. The number of anilines is 1. The highest BCUT2D eigenvalue weighted by Gasteiger charge is 2.15. The Hall–Kier alpha value is -2.08. The number of amides is 1. The Morgan fingerprint density at radius 1 is 1.23 bits per heavy atom. The van der Waals surface area contributed by atoms with Crippen LogP contribution in [0, 0.1) is 13.8 Å². The predicted octanol–water partition coefficient (Wildman–Crippen LogP) is 2.86. The molecule has 0 N–H and O–H groups in total. The summed E-state index contributed by atoms with van der Waals surface area (Å²) >= 11 is 1.34. The van der Waals surface area contributed by atoms with E-state index in [1.165, 1.54) is 11.8 Å². The van der Waals surface area contributed by atoms with E-state index in [0.717, 1.165) is 17.1 Å². The van der Waals surface area contributed by atoms with Crippen molar-refractivity contribution in [2.24, 2.45) is 0 Å².